The zero-order chi connectivity index (χ0) is 16.0. The molecule has 2 aromatic rings. The molecular weight excluding hydrogens is 328 g/mol. The Labute approximate surface area is 143 Å². The van der Waals surface area contributed by atoms with E-state index < -0.39 is 0 Å². The first-order valence-corrected chi connectivity index (χ1v) is 10.1. The standard InChI is InChI=1S/C17H20N2O2S2/c1-19-16(21)14-10-6-2-4-8-12(10)22-15(14)18-17(19)23-13-9-5-3-7-11(13)20/h13H,2-9H2,1H3/t13-/m0/s1. The smallest absolute Gasteiger partial charge is 0.262 e. The minimum atomic E-state index is -0.0334. The van der Waals surface area contributed by atoms with Crippen molar-refractivity contribution in [2.24, 2.45) is 7.05 Å². The van der Waals surface area contributed by atoms with Crippen molar-refractivity contribution in [2.75, 3.05) is 0 Å². The first-order chi connectivity index (χ1) is 11.1. The topological polar surface area (TPSA) is 52.0 Å². The molecule has 1 saturated carbocycles. The van der Waals surface area contributed by atoms with E-state index in [1.807, 2.05) is 0 Å². The van der Waals surface area contributed by atoms with E-state index in [-0.39, 0.29) is 10.8 Å². The number of hydrogen-bond donors (Lipinski definition) is 0. The largest absolute Gasteiger partial charge is 0.298 e. The summed E-state index contributed by atoms with van der Waals surface area (Å²) in [7, 11) is 1.79. The number of rotatable bonds is 2. The summed E-state index contributed by atoms with van der Waals surface area (Å²) >= 11 is 3.16. The van der Waals surface area contributed by atoms with Gasteiger partial charge in [-0.3, -0.25) is 14.2 Å². The highest BCUT2D eigenvalue weighted by Crippen LogP contribution is 2.36. The molecule has 0 amide bonds. The molecule has 2 aliphatic carbocycles. The molecule has 6 heteroatoms. The van der Waals surface area contributed by atoms with E-state index in [4.69, 9.17) is 4.98 Å². The van der Waals surface area contributed by atoms with Gasteiger partial charge in [0.2, 0.25) is 0 Å². The van der Waals surface area contributed by atoms with Crippen molar-refractivity contribution in [3.63, 3.8) is 0 Å². The molecule has 2 aliphatic rings. The SMILES string of the molecule is Cn1c(S[C@H]2CCCCC2=O)nc2sc3c(c2c1=O)CCCC3. The highest BCUT2D eigenvalue weighted by molar-refractivity contribution is 8.00. The molecule has 122 valence electrons. The Morgan fingerprint density at radius 1 is 1.13 bits per heavy atom. The van der Waals surface area contributed by atoms with Crippen molar-refractivity contribution in [1.82, 2.24) is 9.55 Å². The van der Waals surface area contributed by atoms with Crippen molar-refractivity contribution in [3.05, 3.63) is 20.8 Å². The summed E-state index contributed by atoms with van der Waals surface area (Å²) in [5.41, 5.74) is 1.29. The lowest BCUT2D eigenvalue weighted by Crippen LogP contribution is -2.25. The van der Waals surface area contributed by atoms with Gasteiger partial charge in [0.1, 0.15) is 10.6 Å². The molecule has 23 heavy (non-hydrogen) atoms. The number of thioether (sulfide) groups is 1. The van der Waals surface area contributed by atoms with Gasteiger partial charge in [-0.1, -0.05) is 18.2 Å². The Kier molecular flexibility index (Phi) is 4.05. The van der Waals surface area contributed by atoms with Gasteiger partial charge in [-0.05, 0) is 44.1 Å². The first kappa shape index (κ1) is 15.4. The fourth-order valence-electron chi connectivity index (χ4n) is 3.58. The van der Waals surface area contributed by atoms with Gasteiger partial charge in [0.15, 0.2) is 5.16 Å². The van der Waals surface area contributed by atoms with Crippen LogP contribution in [0.1, 0.15) is 49.0 Å². The number of nitrogens with zero attached hydrogens (tertiary/aromatic N) is 2. The third-order valence-electron chi connectivity index (χ3n) is 4.90. The Hall–Kier alpha value is -1.14. The molecule has 0 aliphatic heterocycles. The molecule has 0 unspecified atom stereocenters. The highest BCUT2D eigenvalue weighted by atomic mass is 32.2. The number of hydrogen-bond acceptors (Lipinski definition) is 5. The Morgan fingerprint density at radius 3 is 2.74 bits per heavy atom. The van der Waals surface area contributed by atoms with Gasteiger partial charge in [0.25, 0.3) is 5.56 Å². The van der Waals surface area contributed by atoms with E-state index >= 15 is 0 Å². The third kappa shape index (κ3) is 2.66. The second-order valence-corrected chi connectivity index (χ2v) is 8.72. The number of aryl methyl sites for hydroxylation is 2. The molecule has 0 aromatic carbocycles. The minimum absolute atomic E-state index is 0.0334. The summed E-state index contributed by atoms with van der Waals surface area (Å²) < 4.78 is 1.65. The van der Waals surface area contributed by atoms with E-state index in [9.17, 15) is 9.59 Å². The number of aromatic nitrogens is 2. The summed E-state index contributed by atoms with van der Waals surface area (Å²) in [5.74, 6) is 0.307. The lowest BCUT2D eigenvalue weighted by atomic mass is 9.97. The maximum Gasteiger partial charge on any atom is 0.262 e. The second kappa shape index (κ2) is 6.06. The van der Waals surface area contributed by atoms with Gasteiger partial charge in [0.05, 0.1) is 10.6 Å². The first-order valence-electron chi connectivity index (χ1n) is 8.36. The summed E-state index contributed by atoms with van der Waals surface area (Å²) in [6.45, 7) is 0. The summed E-state index contributed by atoms with van der Waals surface area (Å²) in [5, 5.41) is 1.49. The van der Waals surface area contributed by atoms with Crippen LogP contribution in [0.3, 0.4) is 0 Å². The van der Waals surface area contributed by atoms with Crippen LogP contribution < -0.4 is 5.56 Å². The van der Waals surface area contributed by atoms with Crippen LogP contribution in [0.25, 0.3) is 10.2 Å². The molecule has 1 fully saturated rings. The number of carbonyl (C=O) groups is 1. The number of Topliss-reactive ketones (excluding diaryl/α,β-unsaturated/α-hetero) is 1. The van der Waals surface area contributed by atoms with Gasteiger partial charge < -0.3 is 0 Å². The van der Waals surface area contributed by atoms with Gasteiger partial charge in [-0.2, -0.15) is 0 Å². The van der Waals surface area contributed by atoms with Crippen molar-refractivity contribution in [3.8, 4) is 0 Å². The number of carbonyl (C=O) groups excluding carboxylic acids is 1. The van der Waals surface area contributed by atoms with Crippen LogP contribution in [0.4, 0.5) is 0 Å². The summed E-state index contributed by atoms with van der Waals surface area (Å²) in [6, 6.07) is 0. The lowest BCUT2D eigenvalue weighted by molar-refractivity contribution is -0.119. The van der Waals surface area contributed by atoms with Crippen molar-refractivity contribution in [2.45, 2.75) is 61.8 Å². The van der Waals surface area contributed by atoms with Crippen molar-refractivity contribution < 1.29 is 4.79 Å². The van der Waals surface area contributed by atoms with E-state index in [0.29, 0.717) is 17.4 Å². The molecule has 1 atom stereocenters. The van der Waals surface area contributed by atoms with Gasteiger partial charge >= 0.3 is 0 Å². The molecule has 4 nitrogen and oxygen atoms in total. The predicted octanol–water partition coefficient (Wildman–Crippen LogP) is 3.48. The van der Waals surface area contributed by atoms with Crippen molar-refractivity contribution >= 4 is 39.1 Å². The van der Waals surface area contributed by atoms with Crippen LogP contribution in [0.5, 0.6) is 0 Å². The quantitative estimate of drug-likeness (QED) is 0.780. The fourth-order valence-corrected chi connectivity index (χ4v) is 6.06. The number of thiophene rings is 1. The van der Waals surface area contributed by atoms with Crippen LogP contribution in [0.2, 0.25) is 0 Å². The van der Waals surface area contributed by atoms with Gasteiger partial charge in [-0.25, -0.2) is 4.98 Å². The van der Waals surface area contributed by atoms with E-state index in [2.05, 4.69) is 0 Å². The van der Waals surface area contributed by atoms with Crippen LogP contribution >= 0.6 is 23.1 Å². The van der Waals surface area contributed by atoms with Crippen LogP contribution in [-0.2, 0) is 24.7 Å². The second-order valence-electron chi connectivity index (χ2n) is 6.47. The molecule has 0 bridgehead atoms. The molecular formula is C17H20N2O2S2. The summed E-state index contributed by atoms with van der Waals surface area (Å²) in [6.07, 6.45) is 8.10. The molecule has 0 spiro atoms. The van der Waals surface area contributed by atoms with E-state index in [0.717, 1.165) is 48.7 Å². The fraction of sp³-hybridized carbons (Fsp3) is 0.588. The van der Waals surface area contributed by atoms with Crippen molar-refractivity contribution in [1.29, 1.82) is 0 Å². The highest BCUT2D eigenvalue weighted by Gasteiger charge is 2.26. The Balaban J connectivity index is 1.77. The third-order valence-corrected chi connectivity index (χ3v) is 7.45. The van der Waals surface area contributed by atoms with Gasteiger partial charge in [-0.15, -0.1) is 11.3 Å². The molecule has 2 heterocycles. The van der Waals surface area contributed by atoms with E-state index in [1.54, 1.807) is 23.0 Å². The zero-order valence-corrected chi connectivity index (χ0v) is 14.9. The van der Waals surface area contributed by atoms with Crippen LogP contribution in [-0.4, -0.2) is 20.6 Å². The average Bonchev–Trinajstić information content (AvgIpc) is 2.92. The molecule has 2 aromatic heterocycles. The molecule has 0 radical (unpaired) electrons. The monoisotopic (exact) mass is 348 g/mol. The molecule has 4 rings (SSSR count). The zero-order valence-electron chi connectivity index (χ0n) is 13.3. The Morgan fingerprint density at radius 2 is 1.91 bits per heavy atom. The predicted molar refractivity (Wildman–Crippen MR) is 94.6 cm³/mol. The summed E-state index contributed by atoms with van der Waals surface area (Å²) in [4.78, 5) is 31.9. The van der Waals surface area contributed by atoms with E-state index in [1.165, 1.54) is 28.6 Å². The molecule has 0 N–H and O–H groups in total. The maximum absolute atomic E-state index is 12.8. The lowest BCUT2D eigenvalue weighted by Gasteiger charge is -2.20. The number of fused-ring (bicyclic) bond motifs is 3. The minimum Gasteiger partial charge on any atom is -0.298 e. The normalized spacial score (nSPS) is 21.6. The maximum atomic E-state index is 12.8. The molecule has 0 saturated heterocycles. The average molecular weight is 348 g/mol. The van der Waals surface area contributed by atoms with Crippen LogP contribution in [0.15, 0.2) is 9.95 Å². The Bertz CT molecular complexity index is 837. The number of ketones is 1. The van der Waals surface area contributed by atoms with Gasteiger partial charge in [0, 0.05) is 18.3 Å². The van der Waals surface area contributed by atoms with Crippen LogP contribution in [0, 0.1) is 0 Å².